The van der Waals surface area contributed by atoms with E-state index in [9.17, 15) is 4.79 Å². The highest BCUT2D eigenvalue weighted by Crippen LogP contribution is 2.23. The van der Waals surface area contributed by atoms with E-state index >= 15 is 0 Å². The number of benzene rings is 1. The lowest BCUT2D eigenvalue weighted by molar-refractivity contribution is 0.0722. The summed E-state index contributed by atoms with van der Waals surface area (Å²) in [6.07, 6.45) is 3.04. The molecule has 1 aliphatic heterocycles. The van der Waals surface area contributed by atoms with E-state index in [1.54, 1.807) is 4.90 Å². The third kappa shape index (κ3) is 3.26. The number of carbonyl (C=O) groups excluding carboxylic acids is 1. The maximum absolute atomic E-state index is 12.4. The zero-order valence-corrected chi connectivity index (χ0v) is 11.5. The summed E-state index contributed by atoms with van der Waals surface area (Å²) in [6.45, 7) is 4.15. The van der Waals surface area contributed by atoms with Crippen molar-refractivity contribution in [3.05, 3.63) is 29.3 Å². The normalized spacial score (nSPS) is 13.6. The van der Waals surface area contributed by atoms with E-state index in [-0.39, 0.29) is 12.5 Å². The molecule has 2 rings (SSSR count). The highest BCUT2D eigenvalue weighted by molar-refractivity contribution is 5.95. The molecule has 1 amide bonds. The first kappa shape index (κ1) is 13.9. The molecule has 1 aromatic rings. The van der Waals surface area contributed by atoms with Crippen molar-refractivity contribution >= 4 is 11.6 Å². The van der Waals surface area contributed by atoms with E-state index in [1.165, 1.54) is 5.56 Å². The molecule has 1 aromatic carbocycles. The Morgan fingerprint density at radius 1 is 1.42 bits per heavy atom. The van der Waals surface area contributed by atoms with Gasteiger partial charge in [0.25, 0.3) is 5.91 Å². The number of hydrogen-bond acceptors (Lipinski definition) is 3. The molecule has 0 saturated heterocycles. The van der Waals surface area contributed by atoms with Crippen molar-refractivity contribution < 1.29 is 9.90 Å². The fourth-order valence-electron chi connectivity index (χ4n) is 2.50. The van der Waals surface area contributed by atoms with Gasteiger partial charge in [0.2, 0.25) is 0 Å². The molecule has 0 aromatic heterocycles. The summed E-state index contributed by atoms with van der Waals surface area (Å²) >= 11 is 0. The van der Waals surface area contributed by atoms with Crippen molar-refractivity contribution in [2.75, 3.05) is 31.6 Å². The fourth-order valence-corrected chi connectivity index (χ4v) is 2.50. The molecule has 104 valence electrons. The molecule has 0 saturated carbocycles. The van der Waals surface area contributed by atoms with Gasteiger partial charge < -0.3 is 15.3 Å². The summed E-state index contributed by atoms with van der Waals surface area (Å²) in [6, 6.07) is 5.86. The van der Waals surface area contributed by atoms with Gasteiger partial charge >= 0.3 is 0 Å². The van der Waals surface area contributed by atoms with Gasteiger partial charge in [-0.2, -0.15) is 0 Å². The monoisotopic (exact) mass is 262 g/mol. The molecular weight excluding hydrogens is 240 g/mol. The van der Waals surface area contributed by atoms with Crippen molar-refractivity contribution in [2.45, 2.75) is 26.2 Å². The van der Waals surface area contributed by atoms with Gasteiger partial charge in [0.1, 0.15) is 0 Å². The molecular formula is C15H22N2O2. The second-order valence-corrected chi connectivity index (χ2v) is 4.92. The Hall–Kier alpha value is -1.55. The third-order valence-corrected chi connectivity index (χ3v) is 3.44. The Bertz CT molecular complexity index is 440. The number of amides is 1. The molecule has 1 heterocycles. The van der Waals surface area contributed by atoms with Gasteiger partial charge in [-0.05, 0) is 43.0 Å². The van der Waals surface area contributed by atoms with Crippen LogP contribution in [0.4, 0.5) is 5.69 Å². The van der Waals surface area contributed by atoms with Crippen LogP contribution >= 0.6 is 0 Å². The zero-order chi connectivity index (χ0) is 13.7. The molecule has 1 aliphatic rings. The molecule has 4 heteroatoms. The summed E-state index contributed by atoms with van der Waals surface area (Å²) in [5.41, 5.74) is 3.09. The Morgan fingerprint density at radius 2 is 2.26 bits per heavy atom. The molecule has 0 aliphatic carbocycles. The van der Waals surface area contributed by atoms with Crippen LogP contribution in [0.3, 0.4) is 0 Å². The van der Waals surface area contributed by atoms with Crippen LogP contribution in [0.25, 0.3) is 0 Å². The van der Waals surface area contributed by atoms with E-state index in [2.05, 4.69) is 5.32 Å². The Labute approximate surface area is 114 Å². The number of fused-ring (bicyclic) bond motifs is 1. The van der Waals surface area contributed by atoms with Crippen LogP contribution in [-0.2, 0) is 6.42 Å². The number of rotatable bonds is 5. The standard InChI is InChI=1S/C15H22N2O2/c1-2-8-17(9-10-18)15(19)13-5-6-14-12(11-13)4-3-7-16-14/h5-6,11,16,18H,2-4,7-10H2,1H3. The Kier molecular flexibility index (Phi) is 4.80. The van der Waals surface area contributed by atoms with Crippen molar-refractivity contribution in [1.82, 2.24) is 4.90 Å². The minimum Gasteiger partial charge on any atom is -0.395 e. The van der Waals surface area contributed by atoms with Crippen molar-refractivity contribution in [2.24, 2.45) is 0 Å². The zero-order valence-electron chi connectivity index (χ0n) is 11.5. The van der Waals surface area contributed by atoms with E-state index in [0.29, 0.717) is 13.1 Å². The van der Waals surface area contributed by atoms with E-state index in [1.807, 2.05) is 25.1 Å². The van der Waals surface area contributed by atoms with E-state index in [0.717, 1.165) is 37.1 Å². The average molecular weight is 262 g/mol. The molecule has 4 nitrogen and oxygen atoms in total. The number of aliphatic hydroxyl groups is 1. The number of aryl methyl sites for hydroxylation is 1. The molecule has 0 atom stereocenters. The van der Waals surface area contributed by atoms with Crippen LogP contribution in [-0.4, -0.2) is 42.2 Å². The first-order valence-electron chi connectivity index (χ1n) is 7.03. The quantitative estimate of drug-likeness (QED) is 0.852. The van der Waals surface area contributed by atoms with Gasteiger partial charge in [0, 0.05) is 30.9 Å². The number of nitrogens with zero attached hydrogens (tertiary/aromatic N) is 1. The first-order chi connectivity index (χ1) is 9.26. The minimum atomic E-state index is 0.0121. The van der Waals surface area contributed by atoms with E-state index < -0.39 is 0 Å². The third-order valence-electron chi connectivity index (χ3n) is 3.44. The summed E-state index contributed by atoms with van der Waals surface area (Å²) in [7, 11) is 0. The highest BCUT2D eigenvalue weighted by atomic mass is 16.3. The molecule has 2 N–H and O–H groups in total. The number of hydrogen-bond donors (Lipinski definition) is 2. The molecule has 0 bridgehead atoms. The number of nitrogens with one attached hydrogen (secondary N) is 1. The summed E-state index contributed by atoms with van der Waals surface area (Å²) in [4.78, 5) is 14.1. The fraction of sp³-hybridized carbons (Fsp3) is 0.533. The van der Waals surface area contributed by atoms with Crippen LogP contribution in [0, 0.1) is 0 Å². The Balaban J connectivity index is 2.17. The van der Waals surface area contributed by atoms with Crippen LogP contribution < -0.4 is 5.32 Å². The second kappa shape index (κ2) is 6.57. The van der Waals surface area contributed by atoms with Crippen LogP contribution in [0.5, 0.6) is 0 Å². The lowest BCUT2D eigenvalue weighted by Crippen LogP contribution is -2.34. The average Bonchev–Trinajstić information content (AvgIpc) is 2.46. The summed E-state index contributed by atoms with van der Waals surface area (Å²) in [5.74, 6) is 0.0178. The number of carbonyl (C=O) groups is 1. The number of aliphatic hydroxyl groups excluding tert-OH is 1. The predicted molar refractivity (Wildman–Crippen MR) is 76.5 cm³/mol. The van der Waals surface area contributed by atoms with Gasteiger partial charge in [-0.15, -0.1) is 0 Å². The topological polar surface area (TPSA) is 52.6 Å². The van der Waals surface area contributed by atoms with Gasteiger partial charge in [-0.3, -0.25) is 4.79 Å². The van der Waals surface area contributed by atoms with Crippen LogP contribution in [0.1, 0.15) is 35.7 Å². The smallest absolute Gasteiger partial charge is 0.253 e. The molecule has 0 fully saturated rings. The summed E-state index contributed by atoms with van der Waals surface area (Å²) in [5, 5.41) is 12.4. The highest BCUT2D eigenvalue weighted by Gasteiger charge is 2.17. The van der Waals surface area contributed by atoms with Crippen molar-refractivity contribution in [3.8, 4) is 0 Å². The summed E-state index contributed by atoms with van der Waals surface area (Å²) < 4.78 is 0. The van der Waals surface area contributed by atoms with Crippen LogP contribution in [0.15, 0.2) is 18.2 Å². The van der Waals surface area contributed by atoms with Gasteiger partial charge in [0.15, 0.2) is 0 Å². The van der Waals surface area contributed by atoms with Gasteiger partial charge in [-0.1, -0.05) is 6.92 Å². The maximum Gasteiger partial charge on any atom is 0.253 e. The Morgan fingerprint density at radius 3 is 3.00 bits per heavy atom. The second-order valence-electron chi connectivity index (χ2n) is 4.92. The van der Waals surface area contributed by atoms with Gasteiger partial charge in [0.05, 0.1) is 6.61 Å². The van der Waals surface area contributed by atoms with Crippen LogP contribution in [0.2, 0.25) is 0 Å². The SMILES string of the molecule is CCCN(CCO)C(=O)c1ccc2c(c1)CCCN2. The van der Waals surface area contributed by atoms with Crippen molar-refractivity contribution in [1.29, 1.82) is 0 Å². The van der Waals surface area contributed by atoms with E-state index in [4.69, 9.17) is 5.11 Å². The molecule has 0 radical (unpaired) electrons. The minimum absolute atomic E-state index is 0.0121. The maximum atomic E-state index is 12.4. The lowest BCUT2D eigenvalue weighted by Gasteiger charge is -2.23. The lowest BCUT2D eigenvalue weighted by atomic mass is 10.0. The molecule has 0 unspecified atom stereocenters. The molecule has 19 heavy (non-hydrogen) atoms. The molecule has 0 spiro atoms. The largest absolute Gasteiger partial charge is 0.395 e. The van der Waals surface area contributed by atoms with Crippen molar-refractivity contribution in [3.63, 3.8) is 0 Å². The van der Waals surface area contributed by atoms with Gasteiger partial charge in [-0.25, -0.2) is 0 Å². The first-order valence-corrected chi connectivity index (χ1v) is 7.03. The number of anilines is 1. The predicted octanol–water partition coefficient (Wildman–Crippen LogP) is 1.89.